The molecule has 0 aromatic carbocycles. The van der Waals surface area contributed by atoms with Gasteiger partial charge in [0.05, 0.1) is 58.7 Å². The molecule has 6 aromatic heterocycles. The van der Waals surface area contributed by atoms with Gasteiger partial charge in [-0.25, -0.2) is 4.98 Å². The molecule has 0 unspecified atom stereocenters. The van der Waals surface area contributed by atoms with Crippen LogP contribution in [0, 0.1) is 6.92 Å². The smallest absolute Gasteiger partial charge is 0.116 e. The van der Waals surface area contributed by atoms with Gasteiger partial charge in [-0.1, -0.05) is 0 Å². The van der Waals surface area contributed by atoms with Gasteiger partial charge >= 0.3 is 0 Å². The standard InChI is InChI=1S/C22H16N8/c1-13-11-30(12-26-13)21-10-24-8-19-15(21)6-18(27-19)22-16-7-17(14-2-4-23-5-3-14)25-9-20(16)28-29-22/h2-12,27H,1H3,(H,28,29). The SMILES string of the molecule is Cc1cn(-c2cncc3[nH]c(-c4n[nH]c5cnc(-c6ccncc6)cc45)cc23)cn1. The van der Waals surface area contributed by atoms with Crippen LogP contribution in [0.3, 0.4) is 0 Å². The van der Waals surface area contributed by atoms with E-state index in [0.29, 0.717) is 0 Å². The number of H-pyrrole nitrogens is 2. The Morgan fingerprint density at radius 2 is 1.80 bits per heavy atom. The molecule has 6 aromatic rings. The van der Waals surface area contributed by atoms with Gasteiger partial charge in [0.1, 0.15) is 5.69 Å². The number of aryl methyl sites for hydroxylation is 1. The molecular weight excluding hydrogens is 376 g/mol. The highest BCUT2D eigenvalue weighted by Crippen LogP contribution is 2.32. The molecule has 0 aliphatic heterocycles. The Bertz CT molecular complexity index is 1510. The van der Waals surface area contributed by atoms with Gasteiger partial charge in [-0.05, 0) is 31.2 Å². The molecule has 0 fully saturated rings. The zero-order chi connectivity index (χ0) is 20.1. The van der Waals surface area contributed by atoms with Crippen LogP contribution in [0.2, 0.25) is 0 Å². The van der Waals surface area contributed by atoms with Crippen molar-refractivity contribution in [3.05, 3.63) is 73.5 Å². The van der Waals surface area contributed by atoms with Crippen molar-refractivity contribution >= 4 is 21.8 Å². The monoisotopic (exact) mass is 392 g/mol. The molecule has 6 heterocycles. The molecule has 0 aliphatic carbocycles. The average Bonchev–Trinajstić information content (AvgIpc) is 3.51. The summed E-state index contributed by atoms with van der Waals surface area (Å²) in [6.07, 6.45) is 12.8. The number of imidazole rings is 1. The zero-order valence-corrected chi connectivity index (χ0v) is 16.0. The molecule has 0 aliphatic rings. The number of pyridine rings is 3. The summed E-state index contributed by atoms with van der Waals surface area (Å²) >= 11 is 0. The van der Waals surface area contributed by atoms with Gasteiger partial charge in [0.2, 0.25) is 0 Å². The summed E-state index contributed by atoms with van der Waals surface area (Å²) in [5.74, 6) is 0. The van der Waals surface area contributed by atoms with E-state index in [-0.39, 0.29) is 0 Å². The molecular formula is C22H16N8. The van der Waals surface area contributed by atoms with Gasteiger partial charge < -0.3 is 9.55 Å². The number of hydrogen-bond donors (Lipinski definition) is 2. The Morgan fingerprint density at radius 3 is 2.63 bits per heavy atom. The summed E-state index contributed by atoms with van der Waals surface area (Å²) in [6, 6.07) is 8.04. The van der Waals surface area contributed by atoms with Crippen molar-refractivity contribution < 1.29 is 0 Å². The van der Waals surface area contributed by atoms with Gasteiger partial charge in [0.15, 0.2) is 0 Å². The quantitative estimate of drug-likeness (QED) is 0.473. The lowest BCUT2D eigenvalue weighted by Gasteiger charge is -2.02. The highest BCUT2D eigenvalue weighted by molar-refractivity contribution is 5.98. The number of nitrogens with one attached hydrogen (secondary N) is 2. The van der Waals surface area contributed by atoms with Crippen molar-refractivity contribution in [2.45, 2.75) is 6.92 Å². The van der Waals surface area contributed by atoms with E-state index in [1.54, 1.807) is 18.7 Å². The number of hydrogen-bond acceptors (Lipinski definition) is 5. The van der Waals surface area contributed by atoms with Gasteiger partial charge in [0.25, 0.3) is 0 Å². The van der Waals surface area contributed by atoms with Crippen molar-refractivity contribution in [2.75, 3.05) is 0 Å². The molecule has 144 valence electrons. The molecule has 0 bridgehead atoms. The maximum absolute atomic E-state index is 4.55. The van der Waals surface area contributed by atoms with Crippen molar-refractivity contribution in [1.82, 2.24) is 39.7 Å². The predicted molar refractivity (Wildman–Crippen MR) is 114 cm³/mol. The van der Waals surface area contributed by atoms with E-state index >= 15 is 0 Å². The maximum atomic E-state index is 4.55. The summed E-state index contributed by atoms with van der Waals surface area (Å²) in [6.45, 7) is 1.97. The first kappa shape index (κ1) is 16.6. The fourth-order valence-corrected chi connectivity index (χ4v) is 3.73. The first-order valence-corrected chi connectivity index (χ1v) is 9.49. The van der Waals surface area contributed by atoms with E-state index in [0.717, 1.165) is 55.8 Å². The van der Waals surface area contributed by atoms with Gasteiger partial charge in [0, 0.05) is 34.9 Å². The Hall–Kier alpha value is -4.33. The second-order valence-corrected chi connectivity index (χ2v) is 7.15. The Morgan fingerprint density at radius 1 is 0.900 bits per heavy atom. The topological polar surface area (TPSA) is 101 Å². The summed E-state index contributed by atoms with van der Waals surface area (Å²) in [5.41, 5.74) is 7.38. The van der Waals surface area contributed by atoms with Gasteiger partial charge in [-0.3, -0.25) is 20.1 Å². The Labute approximate surface area is 170 Å². The van der Waals surface area contributed by atoms with Gasteiger partial charge in [-0.2, -0.15) is 5.10 Å². The van der Waals surface area contributed by atoms with E-state index in [1.807, 2.05) is 54.5 Å². The van der Waals surface area contributed by atoms with Crippen LogP contribution in [-0.4, -0.2) is 39.7 Å². The predicted octanol–water partition coefficient (Wildman–Crippen LogP) is 4.06. The van der Waals surface area contributed by atoms with E-state index in [1.165, 1.54) is 0 Å². The van der Waals surface area contributed by atoms with E-state index in [2.05, 4.69) is 41.2 Å². The van der Waals surface area contributed by atoms with Crippen LogP contribution in [0.5, 0.6) is 0 Å². The minimum atomic E-state index is 0.840. The third-order valence-electron chi connectivity index (χ3n) is 5.19. The Kier molecular flexibility index (Phi) is 3.51. The number of aromatic nitrogens is 8. The van der Waals surface area contributed by atoms with Gasteiger partial charge in [-0.15, -0.1) is 0 Å². The molecule has 0 atom stereocenters. The molecule has 6 rings (SSSR count). The maximum Gasteiger partial charge on any atom is 0.116 e. The highest BCUT2D eigenvalue weighted by atomic mass is 15.1. The lowest BCUT2D eigenvalue weighted by molar-refractivity contribution is 1.05. The van der Waals surface area contributed by atoms with Crippen molar-refractivity contribution in [1.29, 1.82) is 0 Å². The largest absolute Gasteiger partial charge is 0.352 e. The van der Waals surface area contributed by atoms with Crippen LogP contribution < -0.4 is 0 Å². The van der Waals surface area contributed by atoms with Crippen LogP contribution in [0.25, 0.3) is 50.1 Å². The first-order valence-electron chi connectivity index (χ1n) is 9.49. The molecule has 8 heteroatoms. The number of aromatic amines is 2. The van der Waals surface area contributed by atoms with Crippen molar-refractivity contribution in [3.8, 4) is 28.3 Å². The minimum Gasteiger partial charge on any atom is -0.352 e. The van der Waals surface area contributed by atoms with E-state index in [4.69, 9.17) is 0 Å². The summed E-state index contributed by atoms with van der Waals surface area (Å²) in [7, 11) is 0. The van der Waals surface area contributed by atoms with Crippen LogP contribution in [-0.2, 0) is 0 Å². The molecule has 0 spiro atoms. The number of nitrogens with zero attached hydrogens (tertiary/aromatic N) is 6. The van der Waals surface area contributed by atoms with E-state index < -0.39 is 0 Å². The van der Waals surface area contributed by atoms with Crippen LogP contribution in [0.1, 0.15) is 5.69 Å². The molecule has 0 radical (unpaired) electrons. The molecule has 0 amide bonds. The molecule has 0 saturated carbocycles. The minimum absolute atomic E-state index is 0.840. The molecule has 8 nitrogen and oxygen atoms in total. The average molecular weight is 392 g/mol. The van der Waals surface area contributed by atoms with Crippen LogP contribution in [0.4, 0.5) is 0 Å². The van der Waals surface area contributed by atoms with Crippen LogP contribution in [0.15, 0.2) is 67.8 Å². The lowest BCUT2D eigenvalue weighted by atomic mass is 10.1. The third kappa shape index (κ3) is 2.58. The lowest BCUT2D eigenvalue weighted by Crippen LogP contribution is -1.91. The van der Waals surface area contributed by atoms with Crippen LogP contribution >= 0.6 is 0 Å². The van der Waals surface area contributed by atoms with E-state index in [9.17, 15) is 0 Å². The second kappa shape index (κ2) is 6.35. The fraction of sp³-hybridized carbons (Fsp3) is 0.0455. The molecule has 0 saturated heterocycles. The summed E-state index contributed by atoms with van der Waals surface area (Å²) in [5, 5.41) is 9.69. The fourth-order valence-electron chi connectivity index (χ4n) is 3.73. The zero-order valence-electron chi connectivity index (χ0n) is 16.0. The summed E-state index contributed by atoms with van der Waals surface area (Å²) < 4.78 is 1.98. The normalized spacial score (nSPS) is 11.5. The third-order valence-corrected chi connectivity index (χ3v) is 5.19. The van der Waals surface area contributed by atoms with Crippen molar-refractivity contribution in [2.24, 2.45) is 0 Å². The first-order chi connectivity index (χ1) is 14.8. The second-order valence-electron chi connectivity index (χ2n) is 7.15. The highest BCUT2D eigenvalue weighted by Gasteiger charge is 2.15. The summed E-state index contributed by atoms with van der Waals surface area (Å²) in [4.78, 5) is 20.8. The van der Waals surface area contributed by atoms with Crippen molar-refractivity contribution in [3.63, 3.8) is 0 Å². The Balaban J connectivity index is 1.52. The molecule has 2 N–H and O–H groups in total. The number of fused-ring (bicyclic) bond motifs is 2. The molecule has 30 heavy (non-hydrogen) atoms. The number of rotatable bonds is 3.